The smallest absolute Gasteiger partial charge is 0.206 e. The van der Waals surface area contributed by atoms with Crippen LogP contribution < -0.4 is 0 Å². The summed E-state index contributed by atoms with van der Waals surface area (Å²) in [6, 6.07) is 0. The Morgan fingerprint density at radius 3 is 2.45 bits per heavy atom. The van der Waals surface area contributed by atoms with Crippen LogP contribution in [0.2, 0.25) is 10.4 Å². The molecule has 0 saturated carbocycles. The Morgan fingerprint density at radius 2 is 2.00 bits per heavy atom. The Kier molecular flexibility index (Phi) is 2.62. The van der Waals surface area contributed by atoms with Crippen LogP contribution >= 0.6 is 23.2 Å². The summed E-state index contributed by atoms with van der Waals surface area (Å²) in [4.78, 5) is 6.89. The van der Waals surface area contributed by atoms with E-state index in [1.54, 1.807) is 6.92 Å². The lowest BCUT2D eigenvalue weighted by Crippen LogP contribution is -1.96. The summed E-state index contributed by atoms with van der Waals surface area (Å²) in [6.07, 6.45) is 0.460. The normalized spacial score (nSPS) is 10.2. The molecule has 2 nitrogen and oxygen atoms in total. The van der Waals surface area contributed by atoms with Crippen LogP contribution in [0.3, 0.4) is 0 Å². The number of halogens is 3. The number of aromatic nitrogens is 2. The van der Waals surface area contributed by atoms with E-state index in [0.29, 0.717) is 12.0 Å². The van der Waals surface area contributed by atoms with Crippen LogP contribution in [-0.4, -0.2) is 9.97 Å². The van der Waals surface area contributed by atoms with Crippen molar-refractivity contribution in [2.45, 2.75) is 13.3 Å². The molecule has 0 amide bonds. The lowest BCUT2D eigenvalue weighted by molar-refractivity contribution is 0.564. The lowest BCUT2D eigenvalue weighted by atomic mass is 10.3. The zero-order chi connectivity index (χ0) is 8.43. The van der Waals surface area contributed by atoms with Crippen LogP contribution in [0.1, 0.15) is 12.5 Å². The predicted molar refractivity (Wildman–Crippen MR) is 41.4 cm³/mol. The van der Waals surface area contributed by atoms with Crippen molar-refractivity contribution >= 4 is 23.2 Å². The molecule has 0 aliphatic rings. The van der Waals surface area contributed by atoms with E-state index in [4.69, 9.17) is 23.2 Å². The number of nitrogens with zero attached hydrogens (tertiary/aromatic N) is 2. The minimum absolute atomic E-state index is 0.0880. The first-order valence-electron chi connectivity index (χ1n) is 3.02. The van der Waals surface area contributed by atoms with Gasteiger partial charge in [0.15, 0.2) is 0 Å². The molecule has 0 unspecified atom stereocenters. The average Bonchev–Trinajstić information content (AvgIpc) is 1.85. The first-order chi connectivity index (χ1) is 5.15. The van der Waals surface area contributed by atoms with Gasteiger partial charge in [0, 0.05) is 5.56 Å². The SMILES string of the molecule is CCc1c(F)nc(Cl)nc1Cl. The third-order valence-corrected chi connectivity index (χ3v) is 1.71. The minimum atomic E-state index is -0.641. The van der Waals surface area contributed by atoms with Gasteiger partial charge in [-0.3, -0.25) is 0 Å². The minimum Gasteiger partial charge on any atom is -0.206 e. The second-order valence-electron chi connectivity index (χ2n) is 1.91. The number of rotatable bonds is 1. The molecule has 11 heavy (non-hydrogen) atoms. The van der Waals surface area contributed by atoms with E-state index in [1.807, 2.05) is 0 Å². The van der Waals surface area contributed by atoms with Crippen LogP contribution in [0.4, 0.5) is 4.39 Å². The Morgan fingerprint density at radius 1 is 1.36 bits per heavy atom. The summed E-state index contributed by atoms with van der Waals surface area (Å²) in [6.45, 7) is 1.77. The van der Waals surface area contributed by atoms with Crippen molar-refractivity contribution < 1.29 is 4.39 Å². The van der Waals surface area contributed by atoms with E-state index in [-0.39, 0.29) is 10.4 Å². The molecule has 0 saturated heterocycles. The zero-order valence-electron chi connectivity index (χ0n) is 5.74. The Bertz CT molecular complexity index is 254. The lowest BCUT2D eigenvalue weighted by Gasteiger charge is -1.99. The van der Waals surface area contributed by atoms with Gasteiger partial charge in [0.05, 0.1) is 0 Å². The van der Waals surface area contributed by atoms with Crippen molar-refractivity contribution in [2.24, 2.45) is 0 Å². The van der Waals surface area contributed by atoms with E-state index in [1.165, 1.54) is 0 Å². The van der Waals surface area contributed by atoms with Crippen LogP contribution in [-0.2, 0) is 6.42 Å². The van der Waals surface area contributed by atoms with E-state index >= 15 is 0 Å². The molecule has 0 N–H and O–H groups in total. The third kappa shape index (κ3) is 1.79. The molecule has 0 aliphatic carbocycles. The van der Waals surface area contributed by atoms with Crippen molar-refractivity contribution in [1.82, 2.24) is 9.97 Å². The summed E-state index contributed by atoms with van der Waals surface area (Å²) in [5.41, 5.74) is 0.302. The van der Waals surface area contributed by atoms with Gasteiger partial charge in [-0.15, -0.1) is 0 Å². The van der Waals surface area contributed by atoms with Gasteiger partial charge in [0.1, 0.15) is 5.15 Å². The summed E-state index contributed by atoms with van der Waals surface area (Å²) in [5, 5.41) is -0.0744. The largest absolute Gasteiger partial charge is 0.226 e. The van der Waals surface area contributed by atoms with Crippen LogP contribution in [0.25, 0.3) is 0 Å². The fourth-order valence-corrected chi connectivity index (χ4v) is 1.19. The summed E-state index contributed by atoms with van der Waals surface area (Å²) in [7, 11) is 0. The molecule has 1 aromatic heterocycles. The molecular weight excluding hydrogens is 190 g/mol. The highest BCUT2D eigenvalue weighted by atomic mass is 35.5. The van der Waals surface area contributed by atoms with E-state index in [0.717, 1.165) is 0 Å². The average molecular weight is 195 g/mol. The monoisotopic (exact) mass is 194 g/mol. The molecule has 1 rings (SSSR count). The van der Waals surface area contributed by atoms with Gasteiger partial charge < -0.3 is 0 Å². The molecule has 0 radical (unpaired) electrons. The van der Waals surface area contributed by atoms with Gasteiger partial charge in [-0.1, -0.05) is 18.5 Å². The molecule has 0 fully saturated rings. The maximum atomic E-state index is 12.8. The quantitative estimate of drug-likeness (QED) is 0.508. The Labute approximate surface area is 73.4 Å². The van der Waals surface area contributed by atoms with E-state index in [2.05, 4.69) is 9.97 Å². The number of hydrogen-bond acceptors (Lipinski definition) is 2. The standard InChI is InChI=1S/C6H5Cl2FN2/c1-2-3-4(7)10-6(8)11-5(3)9/h2H2,1H3. The first kappa shape index (κ1) is 8.68. The Hall–Kier alpha value is -0.410. The third-order valence-electron chi connectivity index (χ3n) is 1.23. The van der Waals surface area contributed by atoms with Crippen LogP contribution in [0, 0.1) is 5.95 Å². The molecule has 0 aromatic carbocycles. The van der Waals surface area contributed by atoms with Crippen LogP contribution in [0.15, 0.2) is 0 Å². The second kappa shape index (κ2) is 3.32. The van der Waals surface area contributed by atoms with Gasteiger partial charge in [-0.05, 0) is 18.0 Å². The highest BCUT2D eigenvalue weighted by Gasteiger charge is 2.09. The topological polar surface area (TPSA) is 25.8 Å². The maximum Gasteiger partial charge on any atom is 0.226 e. The molecular formula is C6H5Cl2FN2. The summed E-state index contributed by atoms with van der Waals surface area (Å²) >= 11 is 10.9. The van der Waals surface area contributed by atoms with Crippen molar-refractivity contribution in [3.8, 4) is 0 Å². The van der Waals surface area contributed by atoms with Crippen LogP contribution in [0.5, 0.6) is 0 Å². The maximum absolute atomic E-state index is 12.8. The molecule has 1 aromatic rings. The van der Waals surface area contributed by atoms with Crippen molar-refractivity contribution in [3.63, 3.8) is 0 Å². The van der Waals surface area contributed by atoms with Crippen molar-refractivity contribution in [1.29, 1.82) is 0 Å². The van der Waals surface area contributed by atoms with Crippen molar-refractivity contribution in [3.05, 3.63) is 21.9 Å². The molecule has 0 aliphatic heterocycles. The van der Waals surface area contributed by atoms with Gasteiger partial charge in [-0.25, -0.2) is 4.98 Å². The first-order valence-corrected chi connectivity index (χ1v) is 3.78. The molecule has 0 bridgehead atoms. The molecule has 0 spiro atoms. The highest BCUT2D eigenvalue weighted by Crippen LogP contribution is 2.17. The molecule has 1 heterocycles. The molecule has 0 atom stereocenters. The summed E-state index contributed by atoms with van der Waals surface area (Å²) in [5.74, 6) is -0.641. The molecule has 60 valence electrons. The zero-order valence-corrected chi connectivity index (χ0v) is 7.25. The number of hydrogen-bond donors (Lipinski definition) is 0. The fourth-order valence-electron chi connectivity index (χ4n) is 0.699. The van der Waals surface area contributed by atoms with E-state index < -0.39 is 5.95 Å². The van der Waals surface area contributed by atoms with Gasteiger partial charge in [0.2, 0.25) is 11.2 Å². The predicted octanol–water partition coefficient (Wildman–Crippen LogP) is 2.48. The van der Waals surface area contributed by atoms with E-state index in [9.17, 15) is 4.39 Å². The fraction of sp³-hybridized carbons (Fsp3) is 0.333. The van der Waals surface area contributed by atoms with Crippen molar-refractivity contribution in [2.75, 3.05) is 0 Å². The van der Waals surface area contributed by atoms with Gasteiger partial charge in [0.25, 0.3) is 0 Å². The highest BCUT2D eigenvalue weighted by molar-refractivity contribution is 6.32. The van der Waals surface area contributed by atoms with Gasteiger partial charge in [-0.2, -0.15) is 9.37 Å². The summed E-state index contributed by atoms with van der Waals surface area (Å²) < 4.78 is 12.8. The molecule has 5 heteroatoms. The Balaban J connectivity index is 3.25. The second-order valence-corrected chi connectivity index (χ2v) is 2.60. The van der Waals surface area contributed by atoms with Gasteiger partial charge >= 0.3 is 0 Å².